The van der Waals surface area contributed by atoms with Gasteiger partial charge in [0.15, 0.2) is 0 Å². The van der Waals surface area contributed by atoms with Crippen LogP contribution in [0.2, 0.25) is 0 Å². The molecule has 2 rings (SSSR count). The van der Waals surface area contributed by atoms with E-state index in [0.717, 1.165) is 27.6 Å². The first-order chi connectivity index (χ1) is 19.1. The molecule has 0 saturated heterocycles. The molecule has 1 unspecified atom stereocenters. The van der Waals surface area contributed by atoms with Gasteiger partial charge in [0.1, 0.15) is 0 Å². The molecule has 0 aromatic heterocycles. The van der Waals surface area contributed by atoms with Crippen LogP contribution in [0.4, 0.5) is 5.69 Å². The fourth-order valence-electron chi connectivity index (χ4n) is 3.88. The zero-order chi connectivity index (χ0) is 30.9. The molecule has 13 heteroatoms. The number of nitrogens with two attached hydrogens (primary N) is 2. The lowest BCUT2D eigenvalue weighted by Gasteiger charge is -2.25. The number of carbonyl (C=O) groups is 2. The highest BCUT2D eigenvalue weighted by Crippen LogP contribution is 2.22. The smallest absolute Gasteiger partial charge is 0.251 e. The first kappa shape index (κ1) is 33.6. The van der Waals surface area contributed by atoms with Gasteiger partial charge in [0, 0.05) is 24.4 Å². The molecule has 2 amide bonds. The molecule has 0 spiro atoms. The van der Waals surface area contributed by atoms with Crippen molar-refractivity contribution in [2.45, 2.75) is 57.9 Å². The monoisotopic (exact) mass is 590 g/mol. The van der Waals surface area contributed by atoms with Crippen molar-refractivity contribution in [1.29, 1.82) is 0 Å². The van der Waals surface area contributed by atoms with E-state index in [0.29, 0.717) is 6.42 Å². The summed E-state index contributed by atoms with van der Waals surface area (Å²) in [5.74, 6) is 4.77. The van der Waals surface area contributed by atoms with Gasteiger partial charge in [-0.05, 0) is 44.0 Å². The van der Waals surface area contributed by atoms with Crippen LogP contribution in [-0.2, 0) is 10.0 Å². The molecule has 0 heterocycles. The topological polar surface area (TPSA) is 191 Å². The van der Waals surface area contributed by atoms with Crippen LogP contribution in [0.1, 0.15) is 65.9 Å². The highest BCUT2D eigenvalue weighted by atomic mass is 32.2. The van der Waals surface area contributed by atoms with Crippen molar-refractivity contribution in [3.8, 4) is 0 Å². The summed E-state index contributed by atoms with van der Waals surface area (Å²) >= 11 is 0. The highest BCUT2D eigenvalue weighted by molar-refractivity contribution is 7.92. The Labute approximate surface area is 242 Å². The average molecular weight is 591 g/mol. The standard InChI is InChI=1S/C28H42N6O6S/c1-6-10-25(35)24(29)16-34(30)17-26(36)19(3)32-28(38)22-13-21(14-23(15-22)33(4)41(5,39)40)27(37)31-18(2)20-11-8-7-9-12-20/h7-9,11-16,18-19,25-26,35-36H,6,10,17,29-30H2,1-5H3,(H,31,37)(H,32,38)/b24-16-/t18-,19+,25?,26+/m1/s1. The minimum absolute atomic E-state index is 0.0194. The van der Waals surface area contributed by atoms with Gasteiger partial charge in [-0.2, -0.15) is 0 Å². The molecule has 8 N–H and O–H groups in total. The molecule has 2 aromatic carbocycles. The number of rotatable bonds is 14. The van der Waals surface area contributed by atoms with Crippen molar-refractivity contribution in [3.05, 3.63) is 77.1 Å². The molecule has 0 bridgehead atoms. The zero-order valence-corrected chi connectivity index (χ0v) is 24.9. The first-order valence-corrected chi connectivity index (χ1v) is 15.1. The third-order valence-corrected chi connectivity index (χ3v) is 7.75. The average Bonchev–Trinajstić information content (AvgIpc) is 2.92. The molecule has 0 fully saturated rings. The van der Waals surface area contributed by atoms with Crippen LogP contribution in [0, 0.1) is 0 Å². The highest BCUT2D eigenvalue weighted by Gasteiger charge is 2.23. The van der Waals surface area contributed by atoms with Crippen LogP contribution in [-0.4, -0.2) is 73.6 Å². The van der Waals surface area contributed by atoms with Crippen molar-refractivity contribution < 1.29 is 28.2 Å². The number of hydrogen-bond donors (Lipinski definition) is 6. The lowest BCUT2D eigenvalue weighted by molar-refractivity contribution is 0.0780. The number of carbonyl (C=O) groups excluding carboxylic acids is 2. The summed E-state index contributed by atoms with van der Waals surface area (Å²) in [5.41, 5.74) is 7.08. The Hall–Kier alpha value is -3.65. The van der Waals surface area contributed by atoms with E-state index in [4.69, 9.17) is 11.6 Å². The summed E-state index contributed by atoms with van der Waals surface area (Å²) in [7, 11) is -2.38. The summed E-state index contributed by atoms with van der Waals surface area (Å²) in [6.07, 6.45) is 1.53. The van der Waals surface area contributed by atoms with E-state index in [1.165, 1.54) is 31.4 Å². The van der Waals surface area contributed by atoms with Crippen LogP contribution in [0.5, 0.6) is 0 Å². The Morgan fingerprint density at radius 1 is 1.02 bits per heavy atom. The molecule has 0 radical (unpaired) electrons. The fraction of sp³-hybridized carbons (Fsp3) is 0.429. The molecule has 0 aliphatic carbocycles. The van der Waals surface area contributed by atoms with Gasteiger partial charge in [0.05, 0.1) is 48.5 Å². The molecule has 41 heavy (non-hydrogen) atoms. The van der Waals surface area contributed by atoms with Gasteiger partial charge in [-0.15, -0.1) is 0 Å². The van der Waals surface area contributed by atoms with Gasteiger partial charge < -0.3 is 31.6 Å². The maximum Gasteiger partial charge on any atom is 0.251 e. The Morgan fingerprint density at radius 3 is 2.12 bits per heavy atom. The molecule has 0 aliphatic rings. The number of hydrazine groups is 1. The second-order valence-corrected chi connectivity index (χ2v) is 12.1. The van der Waals surface area contributed by atoms with Crippen LogP contribution in [0.15, 0.2) is 60.4 Å². The molecule has 12 nitrogen and oxygen atoms in total. The Bertz CT molecular complexity index is 1320. The normalized spacial score (nSPS) is 14.9. The predicted octanol–water partition coefficient (Wildman–Crippen LogP) is 1.19. The lowest BCUT2D eigenvalue weighted by atomic mass is 10.0. The van der Waals surface area contributed by atoms with Gasteiger partial charge in [-0.25, -0.2) is 14.3 Å². The van der Waals surface area contributed by atoms with Crippen LogP contribution >= 0.6 is 0 Å². The van der Waals surface area contributed by atoms with Crippen molar-refractivity contribution >= 4 is 27.5 Å². The maximum atomic E-state index is 13.2. The lowest BCUT2D eigenvalue weighted by Crippen LogP contribution is -2.47. The van der Waals surface area contributed by atoms with Gasteiger partial charge in [0.2, 0.25) is 10.0 Å². The third kappa shape index (κ3) is 10.0. The fourth-order valence-corrected chi connectivity index (χ4v) is 4.37. The number of amides is 2. The Kier molecular flexibility index (Phi) is 12.1. The van der Waals surface area contributed by atoms with E-state index in [9.17, 15) is 28.2 Å². The number of hydrogen-bond acceptors (Lipinski definition) is 9. The van der Waals surface area contributed by atoms with E-state index in [2.05, 4.69) is 10.6 Å². The summed E-state index contributed by atoms with van der Waals surface area (Å²) in [5, 5.41) is 27.2. The second-order valence-electron chi connectivity index (χ2n) is 10.1. The predicted molar refractivity (Wildman–Crippen MR) is 159 cm³/mol. The third-order valence-electron chi connectivity index (χ3n) is 6.55. The van der Waals surface area contributed by atoms with Gasteiger partial charge in [0.25, 0.3) is 11.8 Å². The number of anilines is 1. The van der Waals surface area contributed by atoms with Crippen molar-refractivity contribution in [2.24, 2.45) is 11.6 Å². The quantitative estimate of drug-likeness (QED) is 0.139. The zero-order valence-electron chi connectivity index (χ0n) is 24.1. The van der Waals surface area contributed by atoms with Crippen LogP contribution in [0.3, 0.4) is 0 Å². The summed E-state index contributed by atoms with van der Waals surface area (Å²) < 4.78 is 25.4. The molecule has 0 aliphatic heterocycles. The number of nitrogens with zero attached hydrogens (tertiary/aromatic N) is 2. The van der Waals surface area contributed by atoms with E-state index in [1.54, 1.807) is 6.92 Å². The van der Waals surface area contributed by atoms with E-state index in [1.807, 2.05) is 44.2 Å². The van der Waals surface area contributed by atoms with Crippen LogP contribution < -0.4 is 26.5 Å². The Morgan fingerprint density at radius 2 is 1.59 bits per heavy atom. The first-order valence-electron chi connectivity index (χ1n) is 13.2. The number of nitrogens with one attached hydrogen (secondary N) is 2. The van der Waals surface area contributed by atoms with Crippen molar-refractivity contribution in [2.75, 3.05) is 24.2 Å². The number of sulfonamides is 1. The second kappa shape index (κ2) is 14.8. The van der Waals surface area contributed by atoms with E-state index < -0.39 is 40.1 Å². The molecule has 2 aromatic rings. The summed E-state index contributed by atoms with van der Waals surface area (Å²) in [4.78, 5) is 26.3. The van der Waals surface area contributed by atoms with Crippen molar-refractivity contribution in [1.82, 2.24) is 15.6 Å². The minimum atomic E-state index is -3.70. The van der Waals surface area contributed by atoms with Crippen LogP contribution in [0.25, 0.3) is 0 Å². The van der Waals surface area contributed by atoms with Gasteiger partial charge in [-0.3, -0.25) is 13.9 Å². The minimum Gasteiger partial charge on any atom is -0.399 e. The molecule has 4 atom stereocenters. The SMILES string of the molecule is CCCC(O)/C(N)=C/N(N)C[C@H](O)[C@H](C)NC(=O)c1cc(C(=O)N[C@H](C)c2ccccc2)cc(N(C)S(C)(=O)=O)c1. The Balaban J connectivity index is 2.25. The maximum absolute atomic E-state index is 13.2. The summed E-state index contributed by atoms with van der Waals surface area (Å²) in [6.45, 7) is 5.17. The van der Waals surface area contributed by atoms with E-state index in [-0.39, 0.29) is 35.1 Å². The number of aliphatic hydroxyl groups excluding tert-OH is 2. The largest absolute Gasteiger partial charge is 0.399 e. The molecular weight excluding hydrogens is 548 g/mol. The summed E-state index contributed by atoms with van der Waals surface area (Å²) in [6, 6.07) is 12.2. The number of benzene rings is 2. The molecule has 0 saturated carbocycles. The molecular formula is C28H42N6O6S. The molecule has 226 valence electrons. The van der Waals surface area contributed by atoms with Gasteiger partial charge in [-0.1, -0.05) is 43.7 Å². The van der Waals surface area contributed by atoms with E-state index >= 15 is 0 Å². The van der Waals surface area contributed by atoms with Crippen molar-refractivity contribution in [3.63, 3.8) is 0 Å². The van der Waals surface area contributed by atoms with Gasteiger partial charge >= 0.3 is 0 Å². The number of aliphatic hydroxyl groups is 2.